The van der Waals surface area contributed by atoms with Crippen LogP contribution < -0.4 is 4.74 Å². The van der Waals surface area contributed by atoms with Crippen LogP contribution in [0.2, 0.25) is 0 Å². The fourth-order valence-electron chi connectivity index (χ4n) is 10.5. The van der Waals surface area contributed by atoms with Crippen LogP contribution in [0.1, 0.15) is 22.3 Å². The summed E-state index contributed by atoms with van der Waals surface area (Å²) >= 11 is 0. The molecule has 0 radical (unpaired) electrons. The zero-order valence-corrected chi connectivity index (χ0v) is 33.1. The molecule has 2 aromatic heterocycles. The van der Waals surface area contributed by atoms with E-state index in [4.69, 9.17) is 9.72 Å². The highest BCUT2D eigenvalue weighted by atomic mass is 16.5. The Hall–Kier alpha value is -8.01. The number of ether oxygens (including phenoxy) is 1. The quantitative estimate of drug-likeness (QED) is 0.178. The molecule has 1 aliphatic carbocycles. The van der Waals surface area contributed by atoms with Crippen molar-refractivity contribution in [2.75, 3.05) is 0 Å². The van der Waals surface area contributed by atoms with E-state index in [1.54, 1.807) is 0 Å². The number of hydrogen-bond acceptors (Lipinski definition) is 2. The number of nitrogens with zero attached hydrogens (tertiary/aromatic N) is 2. The van der Waals surface area contributed by atoms with E-state index in [1.807, 2.05) is 0 Å². The van der Waals surface area contributed by atoms with Crippen molar-refractivity contribution < 1.29 is 4.74 Å². The molecule has 0 saturated heterocycles. The molecule has 0 unspecified atom stereocenters. The van der Waals surface area contributed by atoms with Crippen LogP contribution in [0, 0.1) is 0 Å². The van der Waals surface area contributed by atoms with Crippen LogP contribution in [0.15, 0.2) is 218 Å². The van der Waals surface area contributed by atoms with Gasteiger partial charge < -0.3 is 9.30 Å². The lowest BCUT2D eigenvalue weighted by Gasteiger charge is -2.39. The summed E-state index contributed by atoms with van der Waals surface area (Å²) in [6.45, 7) is 0. The topological polar surface area (TPSA) is 27.1 Å². The van der Waals surface area contributed by atoms with Crippen molar-refractivity contribution in [1.82, 2.24) is 9.55 Å². The zero-order chi connectivity index (χ0) is 40.1. The molecule has 3 heterocycles. The summed E-state index contributed by atoms with van der Waals surface area (Å²) in [6.07, 6.45) is 0. The normalized spacial score (nSPS) is 13.2. The summed E-state index contributed by atoms with van der Waals surface area (Å²) in [6, 6.07) is 78.8. The van der Waals surface area contributed by atoms with E-state index >= 15 is 0 Å². The first-order valence-electron chi connectivity index (χ1n) is 21.0. The molecule has 2 aliphatic rings. The number of aromatic nitrogens is 2. The average Bonchev–Trinajstić information content (AvgIpc) is 3.83. The summed E-state index contributed by atoms with van der Waals surface area (Å²) in [5, 5.41) is 4.56. The van der Waals surface area contributed by atoms with Crippen molar-refractivity contribution >= 4 is 32.6 Å². The summed E-state index contributed by atoms with van der Waals surface area (Å²) in [5.74, 6) is 1.80. The standard InChI is InChI=1S/C58H36N2O/c1-3-17-37(18-4-1)39-35-50(38-19-5-2-6-20-38)59-51(36-39)43-31-33-53(44-24-8-7-21-40(43)44)60-52-29-15-11-25-45(52)56-54(60)34-32-49-57(56)61-55-30-16-14-28-48(55)58(49)46-26-12-9-22-41(46)42-23-10-13-27-47(42)58/h1-36H. The van der Waals surface area contributed by atoms with Crippen molar-refractivity contribution in [2.24, 2.45) is 0 Å². The van der Waals surface area contributed by atoms with Crippen molar-refractivity contribution in [3.8, 4) is 62.0 Å². The maximum atomic E-state index is 7.20. The second kappa shape index (κ2) is 13.0. The summed E-state index contributed by atoms with van der Waals surface area (Å²) in [4.78, 5) is 5.35. The van der Waals surface area contributed by atoms with Crippen LogP contribution in [0.25, 0.3) is 83.0 Å². The van der Waals surface area contributed by atoms with Crippen LogP contribution >= 0.6 is 0 Å². The molecule has 1 spiro atoms. The predicted octanol–water partition coefficient (Wildman–Crippen LogP) is 14.8. The first-order valence-corrected chi connectivity index (χ1v) is 21.0. The van der Waals surface area contributed by atoms with Crippen LogP contribution in [-0.2, 0) is 5.41 Å². The summed E-state index contributed by atoms with van der Waals surface area (Å²) < 4.78 is 9.64. The van der Waals surface area contributed by atoms with E-state index in [1.165, 1.54) is 27.8 Å². The first kappa shape index (κ1) is 33.9. The van der Waals surface area contributed by atoms with Gasteiger partial charge in [0.2, 0.25) is 0 Å². The third kappa shape index (κ3) is 4.77. The van der Waals surface area contributed by atoms with E-state index in [2.05, 4.69) is 223 Å². The Morgan fingerprint density at radius 3 is 1.72 bits per heavy atom. The van der Waals surface area contributed by atoms with Gasteiger partial charge in [0.25, 0.3) is 0 Å². The molecule has 0 N–H and O–H groups in total. The first-order chi connectivity index (χ1) is 30.3. The van der Waals surface area contributed by atoms with Gasteiger partial charge in [0.1, 0.15) is 11.5 Å². The molecule has 0 saturated carbocycles. The van der Waals surface area contributed by atoms with Crippen LogP contribution in [0.4, 0.5) is 0 Å². The molecule has 1 aliphatic heterocycles. The smallest absolute Gasteiger partial charge is 0.142 e. The van der Waals surface area contributed by atoms with Gasteiger partial charge in [-0.2, -0.15) is 0 Å². The number of fused-ring (bicyclic) bond motifs is 14. The van der Waals surface area contributed by atoms with Gasteiger partial charge in [-0.05, 0) is 75.2 Å². The van der Waals surface area contributed by atoms with Gasteiger partial charge in [-0.1, -0.05) is 182 Å². The van der Waals surface area contributed by atoms with Crippen LogP contribution in [0.5, 0.6) is 11.5 Å². The molecule has 9 aromatic carbocycles. The molecule has 13 rings (SSSR count). The van der Waals surface area contributed by atoms with Gasteiger partial charge in [-0.15, -0.1) is 0 Å². The Morgan fingerprint density at radius 2 is 0.967 bits per heavy atom. The fourth-order valence-corrected chi connectivity index (χ4v) is 10.5. The minimum absolute atomic E-state index is 0.539. The highest BCUT2D eigenvalue weighted by molar-refractivity contribution is 6.15. The lowest BCUT2D eigenvalue weighted by Crippen LogP contribution is -2.32. The SMILES string of the molecule is c1ccc(-c2cc(-c3ccccc3)nc(-c3ccc(-n4c5ccccc5c5c6c(ccc54)C4(c5ccccc5O6)c5ccccc5-c5ccccc54)c4ccccc34)c2)cc1. The van der Waals surface area contributed by atoms with Gasteiger partial charge >= 0.3 is 0 Å². The highest BCUT2D eigenvalue weighted by Crippen LogP contribution is 2.63. The van der Waals surface area contributed by atoms with Crippen molar-refractivity contribution in [1.29, 1.82) is 0 Å². The summed E-state index contributed by atoms with van der Waals surface area (Å²) in [7, 11) is 0. The molecule has 61 heavy (non-hydrogen) atoms. The molecule has 11 aromatic rings. The third-order valence-corrected chi connectivity index (χ3v) is 13.1. The predicted molar refractivity (Wildman–Crippen MR) is 250 cm³/mol. The Morgan fingerprint density at radius 1 is 0.377 bits per heavy atom. The maximum absolute atomic E-state index is 7.20. The third-order valence-electron chi connectivity index (χ3n) is 13.1. The van der Waals surface area contributed by atoms with E-state index in [9.17, 15) is 0 Å². The molecule has 0 amide bonds. The van der Waals surface area contributed by atoms with E-state index in [0.717, 1.165) is 89.0 Å². The minimum Gasteiger partial charge on any atom is -0.456 e. The minimum atomic E-state index is -0.539. The molecule has 0 bridgehead atoms. The van der Waals surface area contributed by atoms with Crippen LogP contribution in [0.3, 0.4) is 0 Å². The molecular weight excluding hydrogens is 741 g/mol. The monoisotopic (exact) mass is 776 g/mol. The van der Waals surface area contributed by atoms with E-state index in [-0.39, 0.29) is 0 Å². The van der Waals surface area contributed by atoms with Gasteiger partial charge in [0.15, 0.2) is 0 Å². The van der Waals surface area contributed by atoms with E-state index in [0.29, 0.717) is 0 Å². The molecule has 0 fully saturated rings. The lowest BCUT2D eigenvalue weighted by atomic mass is 9.66. The Labute approximate surface area is 353 Å². The maximum Gasteiger partial charge on any atom is 0.142 e. The highest BCUT2D eigenvalue weighted by Gasteiger charge is 2.51. The molecule has 0 atom stereocenters. The summed E-state index contributed by atoms with van der Waals surface area (Å²) in [5.41, 5.74) is 16.6. The van der Waals surface area contributed by atoms with Crippen LogP contribution in [-0.4, -0.2) is 9.55 Å². The Balaban J connectivity index is 1.07. The molecule has 284 valence electrons. The van der Waals surface area contributed by atoms with Gasteiger partial charge in [-0.25, -0.2) is 4.98 Å². The largest absolute Gasteiger partial charge is 0.456 e. The molecular formula is C58H36N2O. The Kier molecular flexibility index (Phi) is 7.22. The molecule has 3 heteroatoms. The van der Waals surface area contributed by atoms with E-state index < -0.39 is 5.41 Å². The fraction of sp³-hybridized carbons (Fsp3) is 0.0172. The second-order valence-electron chi connectivity index (χ2n) is 16.2. The number of hydrogen-bond donors (Lipinski definition) is 0. The second-order valence-corrected chi connectivity index (χ2v) is 16.2. The zero-order valence-electron chi connectivity index (χ0n) is 33.1. The van der Waals surface area contributed by atoms with Crippen molar-refractivity contribution in [3.63, 3.8) is 0 Å². The number of rotatable bonds is 4. The van der Waals surface area contributed by atoms with Crippen molar-refractivity contribution in [2.45, 2.75) is 5.41 Å². The number of pyridine rings is 1. The molecule has 3 nitrogen and oxygen atoms in total. The lowest BCUT2D eigenvalue weighted by molar-refractivity contribution is 0.442. The number of para-hydroxylation sites is 2. The van der Waals surface area contributed by atoms with Gasteiger partial charge in [-0.3, -0.25) is 0 Å². The Bertz CT molecular complexity index is 3460. The average molecular weight is 777 g/mol. The number of benzene rings is 9. The van der Waals surface area contributed by atoms with Gasteiger partial charge in [0.05, 0.1) is 38.9 Å². The van der Waals surface area contributed by atoms with Crippen molar-refractivity contribution in [3.05, 3.63) is 241 Å². The van der Waals surface area contributed by atoms with Gasteiger partial charge in [0, 0.05) is 33.0 Å².